The summed E-state index contributed by atoms with van der Waals surface area (Å²) in [5, 5.41) is 8.06. The number of methoxy groups -OCH3 is 1. The van der Waals surface area contributed by atoms with Crippen LogP contribution < -0.4 is 15.4 Å². The minimum Gasteiger partial charge on any atom is -0.497 e. The third-order valence-electron chi connectivity index (χ3n) is 5.70. The Kier molecular flexibility index (Phi) is 9.40. The van der Waals surface area contributed by atoms with E-state index in [4.69, 9.17) is 9.47 Å². The highest BCUT2D eigenvalue weighted by Crippen LogP contribution is 2.36. The predicted octanol–water partition coefficient (Wildman–Crippen LogP) is 6.89. The summed E-state index contributed by atoms with van der Waals surface area (Å²) >= 11 is 2.62. The zero-order valence-electron chi connectivity index (χ0n) is 21.8. The van der Waals surface area contributed by atoms with Crippen molar-refractivity contribution in [1.82, 2.24) is 0 Å². The molecule has 0 radical (unpaired) electrons. The van der Waals surface area contributed by atoms with Gasteiger partial charge in [0.15, 0.2) is 0 Å². The van der Waals surface area contributed by atoms with Crippen LogP contribution in [0.2, 0.25) is 0 Å². The van der Waals surface area contributed by atoms with E-state index >= 15 is 0 Å². The van der Waals surface area contributed by atoms with E-state index in [0.29, 0.717) is 27.6 Å². The first-order chi connectivity index (χ1) is 18.9. The van der Waals surface area contributed by atoms with Crippen molar-refractivity contribution in [3.63, 3.8) is 0 Å². The van der Waals surface area contributed by atoms with Crippen LogP contribution in [0.25, 0.3) is 11.1 Å². The maximum absolute atomic E-state index is 12.9. The zero-order chi connectivity index (χ0) is 27.8. The molecule has 0 fully saturated rings. The van der Waals surface area contributed by atoms with Crippen LogP contribution in [0.1, 0.15) is 33.2 Å². The summed E-state index contributed by atoms with van der Waals surface area (Å²) in [5.41, 5.74) is 4.19. The number of aryl methyl sites for hydroxylation is 1. The Morgan fingerprint density at radius 2 is 1.69 bits per heavy atom. The summed E-state index contributed by atoms with van der Waals surface area (Å²) in [4.78, 5) is 39.1. The van der Waals surface area contributed by atoms with Crippen molar-refractivity contribution in [2.45, 2.75) is 18.7 Å². The summed E-state index contributed by atoms with van der Waals surface area (Å²) in [6, 6.07) is 22.0. The minimum atomic E-state index is -0.474. The summed E-state index contributed by atoms with van der Waals surface area (Å²) in [7, 11) is 1.57. The van der Waals surface area contributed by atoms with Crippen molar-refractivity contribution >= 4 is 51.6 Å². The van der Waals surface area contributed by atoms with E-state index in [1.54, 1.807) is 44.4 Å². The standard InChI is InChI=1S/C30H28N2O5S2/c1-4-37-30(35)27-25(20-10-8-19(2)9-11-20)17-39-29(27)32-26(33)18-38-24-7-5-6-22(16-24)31-28(34)21-12-14-23(36-3)15-13-21/h5-17H,4,18H2,1-3H3,(H,31,34)(H,32,33). The van der Waals surface area contributed by atoms with Crippen molar-refractivity contribution in [3.8, 4) is 16.9 Å². The molecule has 0 aliphatic rings. The lowest BCUT2D eigenvalue weighted by Gasteiger charge is -2.10. The molecule has 7 nitrogen and oxygen atoms in total. The molecule has 200 valence electrons. The zero-order valence-corrected chi connectivity index (χ0v) is 23.4. The van der Waals surface area contributed by atoms with E-state index in [9.17, 15) is 14.4 Å². The van der Waals surface area contributed by atoms with Gasteiger partial charge in [0, 0.05) is 27.1 Å². The van der Waals surface area contributed by atoms with Crippen LogP contribution in [0.4, 0.5) is 10.7 Å². The Bertz CT molecular complexity index is 1460. The van der Waals surface area contributed by atoms with Gasteiger partial charge in [0.05, 0.1) is 19.5 Å². The molecule has 0 atom stereocenters. The van der Waals surface area contributed by atoms with E-state index in [2.05, 4.69) is 10.6 Å². The number of amides is 2. The number of hydrogen-bond acceptors (Lipinski definition) is 7. The number of rotatable bonds is 10. The van der Waals surface area contributed by atoms with Gasteiger partial charge in [-0.1, -0.05) is 35.9 Å². The first-order valence-corrected chi connectivity index (χ1v) is 14.1. The average Bonchev–Trinajstić information content (AvgIpc) is 3.36. The lowest BCUT2D eigenvalue weighted by Crippen LogP contribution is -2.16. The maximum atomic E-state index is 12.9. The molecule has 0 unspecified atom stereocenters. The molecule has 0 saturated heterocycles. The second kappa shape index (κ2) is 13.1. The fourth-order valence-electron chi connectivity index (χ4n) is 3.72. The molecule has 39 heavy (non-hydrogen) atoms. The van der Waals surface area contributed by atoms with Crippen molar-refractivity contribution in [1.29, 1.82) is 0 Å². The lowest BCUT2D eigenvalue weighted by atomic mass is 10.0. The number of nitrogens with one attached hydrogen (secondary N) is 2. The number of esters is 1. The Balaban J connectivity index is 1.41. The molecule has 1 heterocycles. The molecule has 0 bridgehead atoms. The smallest absolute Gasteiger partial charge is 0.341 e. The maximum Gasteiger partial charge on any atom is 0.341 e. The van der Waals surface area contributed by atoms with Crippen molar-refractivity contribution < 1.29 is 23.9 Å². The van der Waals surface area contributed by atoms with Gasteiger partial charge in [-0.3, -0.25) is 9.59 Å². The van der Waals surface area contributed by atoms with E-state index in [1.807, 2.05) is 54.8 Å². The monoisotopic (exact) mass is 560 g/mol. The van der Waals surface area contributed by atoms with Crippen LogP contribution >= 0.6 is 23.1 Å². The Labute approximate surface area is 235 Å². The summed E-state index contributed by atoms with van der Waals surface area (Å²) < 4.78 is 10.4. The molecule has 2 N–H and O–H groups in total. The highest BCUT2D eigenvalue weighted by Gasteiger charge is 2.23. The first-order valence-electron chi connectivity index (χ1n) is 12.2. The Morgan fingerprint density at radius 1 is 0.949 bits per heavy atom. The van der Waals surface area contributed by atoms with Gasteiger partial charge < -0.3 is 20.1 Å². The van der Waals surface area contributed by atoms with Gasteiger partial charge in [0.1, 0.15) is 16.3 Å². The molecule has 0 aliphatic carbocycles. The van der Waals surface area contributed by atoms with Crippen LogP contribution in [-0.4, -0.2) is 37.3 Å². The molecular weight excluding hydrogens is 532 g/mol. The number of thiophene rings is 1. The third-order valence-corrected chi connectivity index (χ3v) is 7.59. The second-order valence-electron chi connectivity index (χ2n) is 8.49. The van der Waals surface area contributed by atoms with Gasteiger partial charge in [-0.25, -0.2) is 4.79 Å². The Morgan fingerprint density at radius 3 is 2.38 bits per heavy atom. The second-order valence-corrected chi connectivity index (χ2v) is 10.4. The summed E-state index contributed by atoms with van der Waals surface area (Å²) in [6.45, 7) is 3.98. The lowest BCUT2D eigenvalue weighted by molar-refractivity contribution is -0.113. The summed E-state index contributed by atoms with van der Waals surface area (Å²) in [5.74, 6) is -0.179. The quantitative estimate of drug-likeness (QED) is 0.162. The average molecular weight is 561 g/mol. The number of anilines is 2. The van der Waals surface area contributed by atoms with Crippen molar-refractivity contribution in [2.24, 2.45) is 0 Å². The van der Waals surface area contributed by atoms with Gasteiger partial charge in [-0.2, -0.15) is 0 Å². The molecule has 0 spiro atoms. The van der Waals surface area contributed by atoms with Crippen molar-refractivity contribution in [2.75, 3.05) is 30.1 Å². The number of ether oxygens (including phenoxy) is 2. The topological polar surface area (TPSA) is 93.7 Å². The number of hydrogen-bond donors (Lipinski definition) is 2. The molecule has 0 saturated carbocycles. The molecule has 4 rings (SSSR count). The highest BCUT2D eigenvalue weighted by atomic mass is 32.2. The molecule has 0 aliphatic heterocycles. The minimum absolute atomic E-state index is 0.121. The number of benzene rings is 3. The molecular formula is C30H28N2O5S2. The van der Waals surface area contributed by atoms with Crippen LogP contribution in [0.5, 0.6) is 5.75 Å². The normalized spacial score (nSPS) is 10.5. The SMILES string of the molecule is CCOC(=O)c1c(-c2ccc(C)cc2)csc1NC(=O)CSc1cccc(NC(=O)c2ccc(OC)cc2)c1. The van der Waals surface area contributed by atoms with Gasteiger partial charge in [-0.05, 0) is 61.9 Å². The number of carbonyl (C=O) groups excluding carboxylic acids is 3. The highest BCUT2D eigenvalue weighted by molar-refractivity contribution is 8.00. The largest absolute Gasteiger partial charge is 0.497 e. The fourth-order valence-corrected chi connectivity index (χ4v) is 5.45. The van der Waals surface area contributed by atoms with Crippen LogP contribution in [0, 0.1) is 6.92 Å². The molecule has 9 heteroatoms. The molecule has 1 aromatic heterocycles. The van der Waals surface area contributed by atoms with Gasteiger partial charge in [0.2, 0.25) is 5.91 Å². The molecule has 3 aromatic carbocycles. The van der Waals surface area contributed by atoms with Crippen LogP contribution in [0.3, 0.4) is 0 Å². The van der Waals surface area contributed by atoms with Gasteiger partial charge in [0.25, 0.3) is 5.91 Å². The van der Waals surface area contributed by atoms with Crippen LogP contribution in [0.15, 0.2) is 83.1 Å². The summed E-state index contributed by atoms with van der Waals surface area (Å²) in [6.07, 6.45) is 0. The fraction of sp³-hybridized carbons (Fsp3) is 0.167. The van der Waals surface area contributed by atoms with Crippen molar-refractivity contribution in [3.05, 3.63) is 94.9 Å². The third kappa shape index (κ3) is 7.28. The number of thioether (sulfide) groups is 1. The number of carbonyl (C=O) groups is 3. The predicted molar refractivity (Wildman–Crippen MR) is 157 cm³/mol. The van der Waals surface area contributed by atoms with Gasteiger partial charge >= 0.3 is 5.97 Å². The van der Waals surface area contributed by atoms with E-state index < -0.39 is 5.97 Å². The van der Waals surface area contributed by atoms with E-state index in [-0.39, 0.29) is 24.2 Å². The molecule has 4 aromatic rings. The molecule has 2 amide bonds. The van der Waals surface area contributed by atoms with E-state index in [0.717, 1.165) is 21.6 Å². The first kappa shape index (κ1) is 27.9. The Hall–Kier alpha value is -4.08. The van der Waals surface area contributed by atoms with E-state index in [1.165, 1.54) is 23.1 Å². The van der Waals surface area contributed by atoms with Crippen LogP contribution in [-0.2, 0) is 9.53 Å². The van der Waals surface area contributed by atoms with Gasteiger partial charge in [-0.15, -0.1) is 23.1 Å².